The molecule has 0 saturated heterocycles. The molecular weight excluding hydrogens is 268 g/mol. The average molecular weight is 284 g/mol. The Morgan fingerprint density at radius 3 is 3.05 bits per heavy atom. The average Bonchev–Trinajstić information content (AvgIpc) is 2.99. The zero-order chi connectivity index (χ0) is 15.0. The van der Waals surface area contributed by atoms with Crippen LogP contribution in [0.4, 0.5) is 11.4 Å². The van der Waals surface area contributed by atoms with Crippen molar-refractivity contribution in [3.05, 3.63) is 41.2 Å². The summed E-state index contributed by atoms with van der Waals surface area (Å²) in [6.07, 6.45) is 2.91. The molecule has 1 aromatic carbocycles. The number of nitrogens with one attached hydrogen (secondary N) is 2. The third-order valence-corrected chi connectivity index (χ3v) is 3.49. The lowest BCUT2D eigenvalue weighted by Gasteiger charge is -2.06. The number of carbonyl (C=O) groups excluding carboxylic acids is 2. The predicted molar refractivity (Wildman–Crippen MR) is 79.3 cm³/mol. The topological polar surface area (TPSA) is 76.0 Å². The summed E-state index contributed by atoms with van der Waals surface area (Å²) in [7, 11) is 1.82. The quantitative estimate of drug-likeness (QED) is 0.901. The van der Waals surface area contributed by atoms with Crippen molar-refractivity contribution >= 4 is 23.2 Å². The number of carbonyl (C=O) groups is 2. The van der Waals surface area contributed by atoms with Gasteiger partial charge in [0.2, 0.25) is 5.91 Å². The highest BCUT2D eigenvalue weighted by molar-refractivity contribution is 6.07. The molecule has 0 spiro atoms. The minimum Gasteiger partial charge on any atom is -0.326 e. The van der Waals surface area contributed by atoms with Crippen molar-refractivity contribution in [3.8, 4) is 0 Å². The Morgan fingerprint density at radius 2 is 2.29 bits per heavy atom. The molecule has 1 aromatic heterocycles. The number of aryl methyl sites for hydroxylation is 2. The molecule has 2 heterocycles. The van der Waals surface area contributed by atoms with Gasteiger partial charge in [-0.2, -0.15) is 5.10 Å². The van der Waals surface area contributed by atoms with Gasteiger partial charge in [0, 0.05) is 24.5 Å². The lowest BCUT2D eigenvalue weighted by Crippen LogP contribution is -2.13. The smallest absolute Gasteiger partial charge is 0.255 e. The van der Waals surface area contributed by atoms with Crippen molar-refractivity contribution in [2.45, 2.75) is 19.8 Å². The number of benzene rings is 1. The van der Waals surface area contributed by atoms with Crippen molar-refractivity contribution in [2.75, 3.05) is 10.6 Å². The van der Waals surface area contributed by atoms with Crippen LogP contribution in [-0.2, 0) is 24.7 Å². The maximum atomic E-state index is 12.3. The first kappa shape index (κ1) is 13.4. The Balaban J connectivity index is 1.83. The van der Waals surface area contributed by atoms with Crippen LogP contribution in [-0.4, -0.2) is 21.6 Å². The molecule has 108 valence electrons. The van der Waals surface area contributed by atoms with Crippen molar-refractivity contribution in [1.82, 2.24) is 9.78 Å². The molecule has 0 saturated carbocycles. The summed E-state index contributed by atoms with van der Waals surface area (Å²) in [6.45, 7) is 1.99. The van der Waals surface area contributed by atoms with Gasteiger partial charge >= 0.3 is 0 Å². The van der Waals surface area contributed by atoms with Crippen LogP contribution in [0.3, 0.4) is 0 Å². The van der Waals surface area contributed by atoms with Crippen LogP contribution in [0.25, 0.3) is 0 Å². The summed E-state index contributed by atoms with van der Waals surface area (Å²) in [5.41, 5.74) is 3.72. The summed E-state index contributed by atoms with van der Waals surface area (Å²) in [4.78, 5) is 23.6. The second-order valence-corrected chi connectivity index (χ2v) is 5.07. The zero-order valence-corrected chi connectivity index (χ0v) is 11.9. The van der Waals surface area contributed by atoms with E-state index in [1.807, 2.05) is 20.0 Å². The van der Waals surface area contributed by atoms with Crippen LogP contribution in [0.15, 0.2) is 24.4 Å². The summed E-state index contributed by atoms with van der Waals surface area (Å²) in [5.74, 6) is -0.246. The van der Waals surface area contributed by atoms with Crippen LogP contribution < -0.4 is 10.6 Å². The van der Waals surface area contributed by atoms with Crippen molar-refractivity contribution in [1.29, 1.82) is 0 Å². The molecule has 6 heteroatoms. The largest absolute Gasteiger partial charge is 0.326 e. The van der Waals surface area contributed by atoms with Gasteiger partial charge in [-0.25, -0.2) is 0 Å². The number of anilines is 2. The van der Waals surface area contributed by atoms with Gasteiger partial charge < -0.3 is 10.6 Å². The van der Waals surface area contributed by atoms with Gasteiger partial charge in [0.15, 0.2) is 0 Å². The van der Waals surface area contributed by atoms with E-state index < -0.39 is 0 Å². The normalized spacial score (nSPS) is 13.0. The SMILES string of the molecule is CCc1nn(C)cc1NC(=O)c1ccc2c(c1)NC(=O)C2. The Bertz CT molecular complexity index is 733. The molecular formula is C15H16N4O2. The number of rotatable bonds is 3. The second-order valence-electron chi connectivity index (χ2n) is 5.07. The van der Waals surface area contributed by atoms with E-state index in [2.05, 4.69) is 15.7 Å². The third kappa shape index (κ3) is 2.52. The van der Waals surface area contributed by atoms with E-state index in [4.69, 9.17) is 0 Å². The van der Waals surface area contributed by atoms with Gasteiger partial charge in [0.25, 0.3) is 5.91 Å². The lowest BCUT2D eigenvalue weighted by molar-refractivity contribution is -0.115. The number of amides is 2. The Kier molecular flexibility index (Phi) is 3.21. The molecule has 1 aliphatic rings. The Morgan fingerprint density at radius 1 is 1.48 bits per heavy atom. The van der Waals surface area contributed by atoms with Crippen LogP contribution >= 0.6 is 0 Å². The first-order chi connectivity index (χ1) is 10.1. The molecule has 1 aliphatic heterocycles. The molecule has 2 aromatic rings. The lowest BCUT2D eigenvalue weighted by atomic mass is 10.1. The van der Waals surface area contributed by atoms with E-state index in [-0.39, 0.29) is 11.8 Å². The van der Waals surface area contributed by atoms with Gasteiger partial charge in [-0.05, 0) is 24.1 Å². The van der Waals surface area contributed by atoms with E-state index in [9.17, 15) is 9.59 Å². The van der Waals surface area contributed by atoms with E-state index in [1.165, 1.54) is 0 Å². The van der Waals surface area contributed by atoms with Crippen LogP contribution in [0.5, 0.6) is 0 Å². The summed E-state index contributed by atoms with van der Waals surface area (Å²) >= 11 is 0. The zero-order valence-electron chi connectivity index (χ0n) is 11.9. The standard InChI is InChI=1S/C15H16N4O2/c1-3-11-13(8-19(2)18-11)17-15(21)10-5-4-9-7-14(20)16-12(9)6-10/h4-6,8H,3,7H2,1-2H3,(H,16,20)(H,17,21). The van der Waals surface area contributed by atoms with E-state index >= 15 is 0 Å². The first-order valence-electron chi connectivity index (χ1n) is 6.83. The minimum atomic E-state index is -0.207. The number of aromatic nitrogens is 2. The molecule has 3 rings (SSSR count). The van der Waals surface area contributed by atoms with E-state index in [0.717, 1.165) is 29.1 Å². The van der Waals surface area contributed by atoms with Crippen LogP contribution in [0.1, 0.15) is 28.5 Å². The molecule has 2 N–H and O–H groups in total. The van der Waals surface area contributed by atoms with E-state index in [1.54, 1.807) is 23.0 Å². The second kappa shape index (κ2) is 5.05. The van der Waals surface area contributed by atoms with Crippen LogP contribution in [0.2, 0.25) is 0 Å². The summed E-state index contributed by atoms with van der Waals surface area (Å²) < 4.78 is 1.68. The molecule has 2 amide bonds. The number of hydrogen-bond donors (Lipinski definition) is 2. The summed E-state index contributed by atoms with van der Waals surface area (Å²) in [5, 5.41) is 9.90. The molecule has 0 atom stereocenters. The summed E-state index contributed by atoms with van der Waals surface area (Å²) in [6, 6.07) is 5.25. The van der Waals surface area contributed by atoms with Crippen molar-refractivity contribution < 1.29 is 9.59 Å². The van der Waals surface area contributed by atoms with Gasteiger partial charge in [0.05, 0.1) is 17.8 Å². The van der Waals surface area contributed by atoms with Gasteiger partial charge in [0.1, 0.15) is 0 Å². The highest BCUT2D eigenvalue weighted by atomic mass is 16.2. The van der Waals surface area contributed by atoms with Crippen molar-refractivity contribution in [2.24, 2.45) is 7.05 Å². The fourth-order valence-corrected chi connectivity index (χ4v) is 2.45. The van der Waals surface area contributed by atoms with E-state index in [0.29, 0.717) is 12.0 Å². The highest BCUT2D eigenvalue weighted by Crippen LogP contribution is 2.24. The maximum absolute atomic E-state index is 12.3. The third-order valence-electron chi connectivity index (χ3n) is 3.49. The Hall–Kier alpha value is -2.63. The highest BCUT2D eigenvalue weighted by Gasteiger charge is 2.19. The molecule has 0 aliphatic carbocycles. The van der Waals surface area contributed by atoms with Gasteiger partial charge in [-0.3, -0.25) is 14.3 Å². The predicted octanol–water partition coefficient (Wildman–Crippen LogP) is 1.73. The fraction of sp³-hybridized carbons (Fsp3) is 0.267. The number of nitrogens with zero attached hydrogens (tertiary/aromatic N) is 2. The van der Waals surface area contributed by atoms with Crippen molar-refractivity contribution in [3.63, 3.8) is 0 Å². The first-order valence-corrected chi connectivity index (χ1v) is 6.83. The molecule has 0 unspecified atom stereocenters. The molecule has 0 bridgehead atoms. The monoisotopic (exact) mass is 284 g/mol. The molecule has 6 nitrogen and oxygen atoms in total. The minimum absolute atomic E-state index is 0.0388. The molecule has 0 radical (unpaired) electrons. The van der Waals surface area contributed by atoms with Crippen LogP contribution in [0, 0.1) is 0 Å². The number of hydrogen-bond acceptors (Lipinski definition) is 3. The maximum Gasteiger partial charge on any atom is 0.255 e. The Labute approximate surface area is 122 Å². The fourth-order valence-electron chi connectivity index (χ4n) is 2.45. The molecule has 0 fully saturated rings. The molecule has 21 heavy (non-hydrogen) atoms. The van der Waals surface area contributed by atoms with Gasteiger partial charge in [-0.1, -0.05) is 13.0 Å². The van der Waals surface area contributed by atoms with Gasteiger partial charge in [-0.15, -0.1) is 0 Å². The number of fused-ring (bicyclic) bond motifs is 1.